The third kappa shape index (κ3) is 3.29. The van der Waals surface area contributed by atoms with Gasteiger partial charge in [-0.1, -0.05) is 0 Å². The van der Waals surface area contributed by atoms with Crippen molar-refractivity contribution in [2.75, 3.05) is 0 Å². The van der Waals surface area contributed by atoms with Gasteiger partial charge in [0, 0.05) is 20.7 Å². The zero-order valence-electron chi connectivity index (χ0n) is 10.2. The van der Waals surface area contributed by atoms with Gasteiger partial charge in [-0.15, -0.1) is 22.7 Å². The fourth-order valence-electron chi connectivity index (χ4n) is 1.45. The molecule has 0 saturated heterocycles. The van der Waals surface area contributed by atoms with Crippen molar-refractivity contribution in [2.45, 2.75) is 13.1 Å². The summed E-state index contributed by atoms with van der Waals surface area (Å²) in [5.74, 6) is -2.74. The maximum Gasteiger partial charge on any atom is 0.454 e. The van der Waals surface area contributed by atoms with Gasteiger partial charge in [-0.2, -0.15) is 13.2 Å². The molecule has 0 aliphatic heterocycles. The summed E-state index contributed by atoms with van der Waals surface area (Å²) in [6, 6.07) is 7.03. The van der Waals surface area contributed by atoms with Crippen LogP contribution in [0.5, 0.6) is 0 Å². The lowest BCUT2D eigenvalue weighted by Crippen LogP contribution is -2.20. The summed E-state index contributed by atoms with van der Waals surface area (Å²) in [5.41, 5.74) is 0. The third-order valence-electron chi connectivity index (χ3n) is 2.39. The molecule has 0 radical (unpaired) electrons. The van der Waals surface area contributed by atoms with Gasteiger partial charge in [0.1, 0.15) is 5.76 Å². The van der Waals surface area contributed by atoms with Gasteiger partial charge in [0.25, 0.3) is 5.78 Å². The molecule has 20 heavy (non-hydrogen) atoms. The molecule has 106 valence electrons. The average molecular weight is 318 g/mol. The Bertz CT molecular complexity index is 665. The number of halogens is 3. The van der Waals surface area contributed by atoms with Crippen LogP contribution in [-0.4, -0.2) is 17.1 Å². The Balaban J connectivity index is 2.25. The number of hydrogen-bond donors (Lipinski definition) is 1. The van der Waals surface area contributed by atoms with E-state index in [2.05, 4.69) is 0 Å². The number of aryl methyl sites for hydroxylation is 1. The number of allylic oxidation sites excluding steroid dienone is 1. The van der Waals surface area contributed by atoms with Crippen LogP contribution in [0.1, 0.15) is 9.75 Å². The first-order valence-electron chi connectivity index (χ1n) is 5.46. The minimum absolute atomic E-state index is 0.204. The van der Waals surface area contributed by atoms with Gasteiger partial charge in [-0.3, -0.25) is 4.79 Å². The van der Waals surface area contributed by atoms with Crippen molar-refractivity contribution in [1.29, 1.82) is 0 Å². The van der Waals surface area contributed by atoms with Crippen molar-refractivity contribution >= 4 is 34.2 Å². The highest BCUT2D eigenvalue weighted by atomic mass is 32.1. The number of aliphatic hydroxyl groups is 1. The quantitative estimate of drug-likeness (QED) is 0.651. The molecule has 2 nitrogen and oxygen atoms in total. The Morgan fingerprint density at radius 1 is 1.15 bits per heavy atom. The van der Waals surface area contributed by atoms with E-state index >= 15 is 0 Å². The standard InChI is InChI=1S/C13H9F3O2S2/c1-7-2-3-10(19-7)11-5-4-9(20-11)8(17)6-12(18)13(14,15)16/h2-6,17H,1H3/b8-6-. The predicted molar refractivity (Wildman–Crippen MR) is 74.0 cm³/mol. The summed E-state index contributed by atoms with van der Waals surface area (Å²) in [7, 11) is 0. The zero-order chi connectivity index (χ0) is 14.9. The molecule has 0 unspecified atom stereocenters. The number of carbonyl (C=O) groups is 1. The number of hydrogen-bond acceptors (Lipinski definition) is 4. The molecule has 2 rings (SSSR count). The minimum atomic E-state index is -4.97. The van der Waals surface area contributed by atoms with E-state index < -0.39 is 17.7 Å². The van der Waals surface area contributed by atoms with Crippen LogP contribution in [0.15, 0.2) is 30.3 Å². The minimum Gasteiger partial charge on any atom is -0.506 e. The van der Waals surface area contributed by atoms with Gasteiger partial charge < -0.3 is 5.11 Å². The van der Waals surface area contributed by atoms with Crippen LogP contribution >= 0.6 is 22.7 Å². The number of aliphatic hydroxyl groups excluding tert-OH is 1. The van der Waals surface area contributed by atoms with Crippen LogP contribution in [0.4, 0.5) is 13.2 Å². The van der Waals surface area contributed by atoms with Crippen molar-refractivity contribution in [3.8, 4) is 9.75 Å². The molecule has 0 spiro atoms. The number of ketones is 1. The molecule has 7 heteroatoms. The largest absolute Gasteiger partial charge is 0.506 e. The fraction of sp³-hybridized carbons (Fsp3) is 0.154. The molecule has 0 aliphatic carbocycles. The molecule has 0 aromatic carbocycles. The molecule has 1 N–H and O–H groups in total. The second kappa shape index (κ2) is 5.41. The molecule has 0 atom stereocenters. The van der Waals surface area contributed by atoms with Crippen LogP contribution in [0.3, 0.4) is 0 Å². The molecular formula is C13H9F3O2S2. The highest BCUT2D eigenvalue weighted by Gasteiger charge is 2.37. The van der Waals surface area contributed by atoms with Crippen LogP contribution in [0, 0.1) is 6.92 Å². The van der Waals surface area contributed by atoms with Crippen LogP contribution in [0.25, 0.3) is 15.5 Å². The number of carbonyl (C=O) groups excluding carboxylic acids is 1. The van der Waals surface area contributed by atoms with E-state index in [9.17, 15) is 23.1 Å². The molecule has 0 amide bonds. The molecule has 0 saturated carbocycles. The van der Waals surface area contributed by atoms with Gasteiger partial charge in [-0.25, -0.2) is 0 Å². The van der Waals surface area contributed by atoms with Crippen molar-refractivity contribution in [3.05, 3.63) is 40.1 Å². The van der Waals surface area contributed by atoms with Crippen molar-refractivity contribution in [2.24, 2.45) is 0 Å². The second-order valence-electron chi connectivity index (χ2n) is 3.97. The third-order valence-corrected chi connectivity index (χ3v) is 4.69. The zero-order valence-corrected chi connectivity index (χ0v) is 11.8. The predicted octanol–water partition coefficient (Wildman–Crippen LogP) is 4.82. The number of alkyl halides is 3. The first kappa shape index (κ1) is 14.8. The summed E-state index contributed by atoms with van der Waals surface area (Å²) in [5, 5.41) is 9.57. The van der Waals surface area contributed by atoms with Gasteiger partial charge >= 0.3 is 6.18 Å². The Kier molecular flexibility index (Phi) is 4.01. The highest BCUT2D eigenvalue weighted by Crippen LogP contribution is 2.35. The molecule has 0 fully saturated rings. The van der Waals surface area contributed by atoms with Crippen molar-refractivity contribution < 1.29 is 23.1 Å². The monoisotopic (exact) mass is 318 g/mol. The summed E-state index contributed by atoms with van der Waals surface area (Å²) in [6.45, 7) is 1.95. The molecular weight excluding hydrogens is 309 g/mol. The highest BCUT2D eigenvalue weighted by molar-refractivity contribution is 7.22. The van der Waals surface area contributed by atoms with Gasteiger partial charge in [0.15, 0.2) is 0 Å². The van der Waals surface area contributed by atoms with Crippen molar-refractivity contribution in [1.82, 2.24) is 0 Å². The normalized spacial score (nSPS) is 12.7. The van der Waals surface area contributed by atoms with Gasteiger partial charge in [0.05, 0.1) is 4.88 Å². The summed E-state index contributed by atoms with van der Waals surface area (Å²) in [6.07, 6.45) is -4.77. The van der Waals surface area contributed by atoms with E-state index in [1.807, 2.05) is 19.1 Å². The molecule has 2 aromatic rings. The molecule has 2 heterocycles. The van der Waals surface area contributed by atoms with Crippen LogP contribution in [-0.2, 0) is 4.79 Å². The smallest absolute Gasteiger partial charge is 0.454 e. The SMILES string of the molecule is Cc1ccc(-c2ccc(/C(O)=C/C(=O)C(F)(F)F)s2)s1. The molecule has 0 aliphatic rings. The van der Waals surface area contributed by atoms with E-state index in [0.717, 1.165) is 26.0 Å². The van der Waals surface area contributed by atoms with Gasteiger partial charge in [0.2, 0.25) is 0 Å². The maximum absolute atomic E-state index is 12.1. The second-order valence-corrected chi connectivity index (χ2v) is 6.34. The first-order valence-corrected chi connectivity index (χ1v) is 7.09. The van der Waals surface area contributed by atoms with E-state index in [-0.39, 0.29) is 11.0 Å². The Hall–Kier alpha value is -1.60. The van der Waals surface area contributed by atoms with E-state index in [0.29, 0.717) is 0 Å². The van der Waals surface area contributed by atoms with Crippen molar-refractivity contribution in [3.63, 3.8) is 0 Å². The Labute approximate surface area is 120 Å². The van der Waals surface area contributed by atoms with E-state index in [1.54, 1.807) is 17.4 Å². The van der Waals surface area contributed by atoms with E-state index in [4.69, 9.17) is 0 Å². The summed E-state index contributed by atoms with van der Waals surface area (Å²) < 4.78 is 36.3. The number of rotatable bonds is 3. The summed E-state index contributed by atoms with van der Waals surface area (Å²) in [4.78, 5) is 13.9. The van der Waals surface area contributed by atoms with Crippen LogP contribution < -0.4 is 0 Å². The molecule has 2 aromatic heterocycles. The number of thiophene rings is 2. The topological polar surface area (TPSA) is 37.3 Å². The Morgan fingerprint density at radius 3 is 2.30 bits per heavy atom. The maximum atomic E-state index is 12.1. The first-order chi connectivity index (χ1) is 9.27. The Morgan fingerprint density at radius 2 is 1.75 bits per heavy atom. The lowest BCUT2D eigenvalue weighted by molar-refractivity contribution is -0.165. The fourth-order valence-corrected chi connectivity index (χ4v) is 3.33. The average Bonchev–Trinajstić information content (AvgIpc) is 2.95. The van der Waals surface area contributed by atoms with E-state index in [1.165, 1.54) is 6.07 Å². The summed E-state index contributed by atoms with van der Waals surface area (Å²) >= 11 is 2.68. The lowest BCUT2D eigenvalue weighted by Gasteiger charge is -2.00. The van der Waals surface area contributed by atoms with Gasteiger partial charge in [-0.05, 0) is 31.2 Å². The lowest BCUT2D eigenvalue weighted by atomic mass is 10.3. The molecule has 0 bridgehead atoms. The van der Waals surface area contributed by atoms with Crippen LogP contribution in [0.2, 0.25) is 0 Å².